The van der Waals surface area contributed by atoms with Crippen LogP contribution in [-0.2, 0) is 68.5 Å². The van der Waals surface area contributed by atoms with Crippen molar-refractivity contribution in [1.29, 1.82) is 0 Å². The second kappa shape index (κ2) is 41.1. The van der Waals surface area contributed by atoms with Crippen LogP contribution < -0.4 is 30.9 Å². The van der Waals surface area contributed by atoms with Crippen molar-refractivity contribution in [2.24, 2.45) is 11.1 Å². The van der Waals surface area contributed by atoms with Crippen LogP contribution in [0.1, 0.15) is 130 Å². The fourth-order valence-corrected chi connectivity index (χ4v) is 15.7. The molecule has 9 amide bonds. The van der Waals surface area contributed by atoms with Gasteiger partial charge in [-0.2, -0.15) is 23.5 Å². The zero-order valence-corrected chi connectivity index (χ0v) is 59.3. The number of carbonyl (C=O) groups is 9. The molecule has 5 rings (SSSR count). The predicted octanol–water partition coefficient (Wildman–Crippen LogP) is 6.02. The number of methoxy groups -OCH3 is 2. The summed E-state index contributed by atoms with van der Waals surface area (Å²) in [5.41, 5.74) is -2.32. The van der Waals surface area contributed by atoms with E-state index in [1.54, 1.807) is 31.2 Å². The molecule has 0 aromatic heterocycles. The molecule has 1 aliphatic carbocycles. The third-order valence-corrected chi connectivity index (χ3v) is 21.4. The summed E-state index contributed by atoms with van der Waals surface area (Å²) in [6.07, 6.45) is 9.93. The van der Waals surface area contributed by atoms with Gasteiger partial charge < -0.3 is 69.7 Å². The van der Waals surface area contributed by atoms with Gasteiger partial charge in [0.2, 0.25) is 41.4 Å². The number of benzene rings is 1. The van der Waals surface area contributed by atoms with Crippen LogP contribution >= 0.6 is 46.9 Å². The zero-order valence-electron chi connectivity index (χ0n) is 56.1. The van der Waals surface area contributed by atoms with E-state index in [-0.39, 0.29) is 125 Å². The fourth-order valence-electron chi connectivity index (χ4n) is 11.4. The van der Waals surface area contributed by atoms with E-state index in [9.17, 15) is 58.3 Å². The van der Waals surface area contributed by atoms with Crippen LogP contribution in [0.4, 0.5) is 10.5 Å². The van der Waals surface area contributed by atoms with Gasteiger partial charge >= 0.3 is 12.0 Å². The highest BCUT2D eigenvalue weighted by Crippen LogP contribution is 2.39. The number of imide groups is 1. The van der Waals surface area contributed by atoms with Crippen molar-refractivity contribution in [3.63, 3.8) is 0 Å². The van der Waals surface area contributed by atoms with Crippen LogP contribution in [0.5, 0.6) is 5.75 Å². The summed E-state index contributed by atoms with van der Waals surface area (Å²) in [5.74, 6) is -2.13. The molecular weight excluding hydrogens is 1310 g/mol. The minimum Gasteiger partial charge on any atom is -0.495 e. The molecule has 3 fully saturated rings. The van der Waals surface area contributed by atoms with Crippen molar-refractivity contribution >= 4 is 106 Å². The van der Waals surface area contributed by atoms with E-state index in [0.717, 1.165) is 57.9 Å². The Bertz CT molecular complexity index is 2790. The van der Waals surface area contributed by atoms with Crippen LogP contribution in [0.3, 0.4) is 0 Å². The molecule has 95 heavy (non-hydrogen) atoms. The number of aliphatic hydroxyl groups is 2. The van der Waals surface area contributed by atoms with E-state index in [1.807, 2.05) is 30.4 Å². The number of nitrogens with zero attached hydrogens (tertiary/aromatic N) is 4. The average Bonchev–Trinajstić information content (AvgIpc) is 1.16. The minimum absolute atomic E-state index is 0.00265. The summed E-state index contributed by atoms with van der Waals surface area (Å²) in [7, 11) is 5.61. The van der Waals surface area contributed by atoms with Crippen molar-refractivity contribution in [3.8, 4) is 5.75 Å². The molecule has 2 saturated heterocycles. The Balaban J connectivity index is 1.05. The summed E-state index contributed by atoms with van der Waals surface area (Å²) in [6.45, 7) is 7.07. The number of urea groups is 1. The first kappa shape index (κ1) is 80.3. The van der Waals surface area contributed by atoms with Crippen LogP contribution in [-0.4, -0.2) is 230 Å². The molecule has 4 aliphatic rings. The summed E-state index contributed by atoms with van der Waals surface area (Å²) in [4.78, 5) is 134. The molecule has 0 radical (unpaired) electrons. The highest BCUT2D eigenvalue weighted by molar-refractivity contribution is 8.01. The molecule has 1 saturated carbocycles. The Morgan fingerprint density at radius 2 is 1.57 bits per heavy atom. The molecule has 0 spiro atoms. The minimum atomic E-state index is -2.15. The number of allylic oxidation sites excluding steroid dienone is 3. The van der Waals surface area contributed by atoms with Gasteiger partial charge in [0.05, 0.1) is 69.1 Å². The molecule has 4 bridgehead atoms. The van der Waals surface area contributed by atoms with E-state index in [2.05, 4.69) is 26.4 Å². The summed E-state index contributed by atoms with van der Waals surface area (Å²) in [5, 5.41) is 37.6. The first-order chi connectivity index (χ1) is 45.3. The molecule has 1 aromatic carbocycles. The molecular formula is C65H99ClN8O18S3. The van der Waals surface area contributed by atoms with Gasteiger partial charge in [-0.15, -0.1) is 16.7 Å². The number of halogens is 1. The normalized spacial score (nSPS) is 27.3. The van der Waals surface area contributed by atoms with Crippen molar-refractivity contribution in [2.75, 3.05) is 110 Å². The van der Waals surface area contributed by atoms with E-state index in [0.29, 0.717) is 35.3 Å². The van der Waals surface area contributed by atoms with E-state index >= 15 is 0 Å². The Morgan fingerprint density at radius 1 is 0.916 bits per heavy atom. The monoisotopic (exact) mass is 1410 g/mol. The number of amides is 9. The van der Waals surface area contributed by atoms with Crippen LogP contribution in [0, 0.1) is 10.8 Å². The SMILES string of the molecule is COc1cc2cc(c1Cl)N(C)C(=O)C[C@H](OC(=O)[C@H](C)N(C)C(=O)CCSC1CC(=O)N(CCOCCOCCNC(=O)COC3CNC(=O)CCSC4CCCCCCC(C4)SCCC(=O)NC3)C1=O)[C@](C)(O)C[C@H](C)CC[C@@](O)(NC(=O)N=O)[C@H](OC)/C=C/C=C(\C)C2. The molecule has 6 N–H and O–H groups in total. The second-order valence-electron chi connectivity index (χ2n) is 24.8. The van der Waals surface area contributed by atoms with Gasteiger partial charge in [0.1, 0.15) is 35.6 Å². The fraction of sp³-hybridized carbons (Fsp3) is 0.708. The Morgan fingerprint density at radius 3 is 2.20 bits per heavy atom. The van der Waals surface area contributed by atoms with Gasteiger partial charge in [-0.1, -0.05) is 68.0 Å². The number of esters is 1. The number of likely N-dealkylation sites (N-methyl/N-ethyl adjacent to an activating group) is 1. The summed E-state index contributed by atoms with van der Waals surface area (Å²) in [6, 6.07) is 0.827. The van der Waals surface area contributed by atoms with Crippen LogP contribution in [0.25, 0.3) is 0 Å². The molecule has 3 heterocycles. The average molecular weight is 1410 g/mol. The third kappa shape index (κ3) is 27.1. The van der Waals surface area contributed by atoms with E-state index < -0.39 is 94.8 Å². The predicted molar refractivity (Wildman–Crippen MR) is 365 cm³/mol. The smallest absolute Gasteiger partial charge is 0.381 e. The van der Waals surface area contributed by atoms with Crippen molar-refractivity contribution in [2.45, 2.75) is 182 Å². The molecule has 1 aromatic rings. The highest BCUT2D eigenvalue weighted by atomic mass is 35.5. The largest absolute Gasteiger partial charge is 0.495 e. The number of fused-ring (bicyclic) bond motifs is 4. The zero-order chi connectivity index (χ0) is 69.7. The second-order valence-corrected chi connectivity index (χ2v) is 29.3. The van der Waals surface area contributed by atoms with Gasteiger partial charge in [0.15, 0.2) is 5.72 Å². The lowest BCUT2D eigenvalue weighted by Gasteiger charge is -2.37. The molecule has 30 heteroatoms. The maximum atomic E-state index is 14.3. The third-order valence-electron chi connectivity index (χ3n) is 17.2. The molecule has 532 valence electrons. The van der Waals surface area contributed by atoms with E-state index in [1.165, 1.54) is 78.8 Å². The number of hydrogen-bond acceptors (Lipinski definition) is 21. The number of ether oxygens (including phenoxy) is 6. The number of nitroso groups, excluding NO2 is 1. The number of nitrogens with one attached hydrogen (secondary N) is 4. The topological polar surface area (TPSA) is 337 Å². The summed E-state index contributed by atoms with van der Waals surface area (Å²) < 4.78 is 34.2. The van der Waals surface area contributed by atoms with Gasteiger partial charge in [0.25, 0.3) is 0 Å². The van der Waals surface area contributed by atoms with E-state index in [4.69, 9.17) is 40.0 Å². The van der Waals surface area contributed by atoms with Crippen molar-refractivity contribution in [1.82, 2.24) is 31.1 Å². The highest BCUT2D eigenvalue weighted by Gasteiger charge is 2.43. The lowest BCUT2D eigenvalue weighted by molar-refractivity contribution is -0.174. The number of carbonyl (C=O) groups excluding carboxylic acids is 9. The number of likely N-dealkylation sites (tertiary alicyclic amines) is 1. The van der Waals surface area contributed by atoms with Gasteiger partial charge in [-0.05, 0) is 89.3 Å². The van der Waals surface area contributed by atoms with Gasteiger partial charge in [0, 0.05) is 99.5 Å². The lowest BCUT2D eigenvalue weighted by Crippen LogP contribution is -2.56. The Hall–Kier alpha value is -5.37. The van der Waals surface area contributed by atoms with Crippen LogP contribution in [0.2, 0.25) is 5.02 Å². The number of rotatable bonds is 22. The van der Waals surface area contributed by atoms with Crippen molar-refractivity contribution < 1.29 is 81.8 Å². The first-order valence-corrected chi connectivity index (χ1v) is 36.1. The number of anilines is 1. The molecule has 3 aliphatic heterocycles. The number of hydrogen-bond donors (Lipinski definition) is 6. The maximum Gasteiger partial charge on any atom is 0.381 e. The van der Waals surface area contributed by atoms with Crippen molar-refractivity contribution in [3.05, 3.63) is 51.4 Å². The molecule has 9 atom stereocenters. The molecule has 3 unspecified atom stereocenters. The standard InChI is InChI=1S/C65H99ClN8O18S3/c1-42-14-13-17-52(88-8)65(85,70-63(83)71-86)22-18-43(2)38-64(4,84)53(37-58(79)73(6)49-33-45(32-42)34-50(87-7)60(49)66)92-62(82)44(3)72(5)57(78)21-31-95-51-36-59(80)74(61(51)81)24-26-90-28-27-89-25-23-67-56(77)41-91-46-39-68-54(75)19-29-93-47-15-11-9-10-12-16-48(35-47)94-30-20-55(76)69-40-46/h13-14,17,33-34,43-44,46-48,51-53,84-85H,9-12,15-16,18-32,35-41H2,1-8H3,(H,67,77)(H,68,75)(H,69,76)(H,70,83)/b17-13+,42-14+/t43-,44+,46?,47?,48?,51?,52-,53+,64-,65+/m1/s1. The quantitative estimate of drug-likeness (QED) is 0.0254. The van der Waals surface area contributed by atoms with Gasteiger partial charge in [-0.3, -0.25) is 38.5 Å². The molecule has 26 nitrogen and oxygen atoms in total. The number of thioether (sulfide) groups is 3. The Kier molecular flexibility index (Phi) is 34.8. The summed E-state index contributed by atoms with van der Waals surface area (Å²) >= 11 is 11.7. The first-order valence-electron chi connectivity index (χ1n) is 32.6. The van der Waals surface area contributed by atoms with Crippen LogP contribution in [0.15, 0.2) is 41.1 Å². The lowest BCUT2D eigenvalue weighted by atomic mass is 9.83. The van der Waals surface area contributed by atoms with Gasteiger partial charge in [-0.25, -0.2) is 9.59 Å². The Labute approximate surface area is 575 Å². The maximum absolute atomic E-state index is 14.3.